The van der Waals surface area contributed by atoms with E-state index in [2.05, 4.69) is 10.3 Å². The van der Waals surface area contributed by atoms with Gasteiger partial charge in [-0.05, 0) is 37.0 Å². The zero-order valence-corrected chi connectivity index (χ0v) is 15.9. The van der Waals surface area contributed by atoms with Crippen LogP contribution in [0.15, 0.2) is 23.2 Å². The molecule has 0 heterocycles. The Morgan fingerprint density at radius 1 is 1.39 bits per heavy atom. The van der Waals surface area contributed by atoms with Gasteiger partial charge in [0.1, 0.15) is 17.6 Å². The highest BCUT2D eigenvalue weighted by molar-refractivity contribution is 14.0. The van der Waals surface area contributed by atoms with Crippen molar-refractivity contribution in [2.75, 3.05) is 27.3 Å². The van der Waals surface area contributed by atoms with Crippen molar-refractivity contribution in [3.8, 4) is 11.5 Å². The van der Waals surface area contributed by atoms with Gasteiger partial charge in [-0.15, -0.1) is 24.0 Å². The largest absolute Gasteiger partial charge is 0.497 e. The van der Waals surface area contributed by atoms with Gasteiger partial charge in [-0.2, -0.15) is 0 Å². The fourth-order valence-corrected chi connectivity index (χ4v) is 2.38. The van der Waals surface area contributed by atoms with Crippen LogP contribution in [0.25, 0.3) is 0 Å². The Kier molecular flexibility index (Phi) is 8.46. The molecule has 6 nitrogen and oxygen atoms in total. The van der Waals surface area contributed by atoms with Gasteiger partial charge in [0, 0.05) is 12.1 Å². The molecule has 1 aromatic carbocycles. The molecule has 0 spiro atoms. The molecule has 0 amide bonds. The molecule has 0 radical (unpaired) electrons. The third-order valence-electron chi connectivity index (χ3n) is 4.03. The first-order valence-corrected chi connectivity index (χ1v) is 7.57. The molecule has 0 aromatic heterocycles. The second-order valence-corrected chi connectivity index (χ2v) is 5.53. The van der Waals surface area contributed by atoms with Crippen LogP contribution < -0.4 is 20.5 Å². The molecule has 4 N–H and O–H groups in total. The lowest BCUT2D eigenvalue weighted by molar-refractivity contribution is 0.182. The van der Waals surface area contributed by atoms with Gasteiger partial charge in [-0.3, -0.25) is 4.99 Å². The van der Waals surface area contributed by atoms with Crippen LogP contribution in [0.3, 0.4) is 0 Å². The summed E-state index contributed by atoms with van der Waals surface area (Å²) in [6.45, 7) is 1.03. The summed E-state index contributed by atoms with van der Waals surface area (Å²) < 4.78 is 10.4. The number of nitrogens with zero attached hydrogens (tertiary/aromatic N) is 1. The molecule has 7 heteroatoms. The Bertz CT molecular complexity index is 521. The number of hydrogen-bond donors (Lipinski definition) is 3. The Hall–Kier alpha value is -1.22. The summed E-state index contributed by atoms with van der Waals surface area (Å²) in [4.78, 5) is 4.20. The van der Waals surface area contributed by atoms with Gasteiger partial charge in [-0.1, -0.05) is 6.42 Å². The van der Waals surface area contributed by atoms with Crippen LogP contribution in [-0.2, 0) is 0 Å². The summed E-state index contributed by atoms with van der Waals surface area (Å²) in [7, 11) is 3.15. The number of aliphatic hydroxyl groups is 1. The minimum atomic E-state index is -0.797. The summed E-state index contributed by atoms with van der Waals surface area (Å²) >= 11 is 0. The molecule has 0 aliphatic heterocycles. The van der Waals surface area contributed by atoms with E-state index in [0.717, 1.165) is 6.54 Å². The smallest absolute Gasteiger partial charge is 0.188 e. The first kappa shape index (κ1) is 19.8. The average Bonchev–Trinajstić information content (AvgIpc) is 2.50. The normalized spacial score (nSPS) is 16.0. The van der Waals surface area contributed by atoms with Crippen molar-refractivity contribution < 1.29 is 14.6 Å². The second-order valence-electron chi connectivity index (χ2n) is 5.53. The Labute approximate surface area is 154 Å². The number of methoxy groups -OCH3 is 2. The van der Waals surface area contributed by atoms with Crippen molar-refractivity contribution in [1.29, 1.82) is 0 Å². The number of benzene rings is 1. The van der Waals surface area contributed by atoms with E-state index < -0.39 is 6.10 Å². The maximum atomic E-state index is 10.3. The number of nitrogens with two attached hydrogens (primary N) is 1. The molecule has 1 unspecified atom stereocenters. The van der Waals surface area contributed by atoms with Gasteiger partial charge in [0.2, 0.25) is 0 Å². The van der Waals surface area contributed by atoms with Crippen LogP contribution >= 0.6 is 24.0 Å². The number of guanidine groups is 1. The van der Waals surface area contributed by atoms with Gasteiger partial charge in [-0.25, -0.2) is 0 Å². The summed E-state index contributed by atoms with van der Waals surface area (Å²) in [5.41, 5.74) is 6.46. The lowest BCUT2D eigenvalue weighted by atomic mass is 9.85. The number of ether oxygens (including phenoxy) is 2. The molecule has 1 aliphatic rings. The first-order chi connectivity index (χ1) is 10.6. The number of nitrogens with one attached hydrogen (secondary N) is 1. The van der Waals surface area contributed by atoms with E-state index in [0.29, 0.717) is 28.9 Å². The Morgan fingerprint density at radius 3 is 2.70 bits per heavy atom. The van der Waals surface area contributed by atoms with Crippen LogP contribution in [0.5, 0.6) is 11.5 Å². The summed E-state index contributed by atoms with van der Waals surface area (Å²) in [6.07, 6.45) is 3.01. The number of aliphatic hydroxyl groups excluding tert-OH is 1. The molecule has 2 rings (SSSR count). The average molecular weight is 435 g/mol. The molecule has 1 aliphatic carbocycles. The van der Waals surface area contributed by atoms with E-state index in [4.69, 9.17) is 15.2 Å². The van der Waals surface area contributed by atoms with Crippen molar-refractivity contribution in [3.63, 3.8) is 0 Å². The molecule has 1 fully saturated rings. The maximum Gasteiger partial charge on any atom is 0.188 e. The van der Waals surface area contributed by atoms with Gasteiger partial charge >= 0.3 is 0 Å². The van der Waals surface area contributed by atoms with E-state index >= 15 is 0 Å². The third-order valence-corrected chi connectivity index (χ3v) is 4.03. The fraction of sp³-hybridized carbons (Fsp3) is 0.562. The first-order valence-electron chi connectivity index (χ1n) is 7.57. The Morgan fingerprint density at radius 2 is 2.13 bits per heavy atom. The predicted molar refractivity (Wildman–Crippen MR) is 102 cm³/mol. The predicted octanol–water partition coefficient (Wildman–Crippen LogP) is 2.06. The van der Waals surface area contributed by atoms with Gasteiger partial charge in [0.25, 0.3) is 0 Å². The van der Waals surface area contributed by atoms with Gasteiger partial charge < -0.3 is 25.6 Å². The molecule has 0 saturated heterocycles. The lowest BCUT2D eigenvalue weighted by Gasteiger charge is -2.25. The van der Waals surface area contributed by atoms with Crippen molar-refractivity contribution in [2.45, 2.75) is 25.4 Å². The quantitative estimate of drug-likeness (QED) is 0.347. The van der Waals surface area contributed by atoms with E-state index in [1.807, 2.05) is 0 Å². The number of rotatable bonds is 7. The molecular formula is C16H26IN3O3. The molecule has 23 heavy (non-hydrogen) atoms. The SMILES string of the molecule is COc1ccc(OC)c(C(O)CN=C(N)NCC2CCC2)c1.I. The minimum absolute atomic E-state index is 0. The number of hydrogen-bond acceptors (Lipinski definition) is 4. The van der Waals surface area contributed by atoms with E-state index in [-0.39, 0.29) is 30.5 Å². The summed E-state index contributed by atoms with van der Waals surface area (Å²) in [6, 6.07) is 5.29. The third kappa shape index (κ3) is 5.72. The molecule has 0 bridgehead atoms. The van der Waals surface area contributed by atoms with E-state index in [1.165, 1.54) is 19.3 Å². The Balaban J connectivity index is 0.00000264. The number of aliphatic imine (C=N–C) groups is 1. The van der Waals surface area contributed by atoms with Crippen molar-refractivity contribution in [2.24, 2.45) is 16.6 Å². The standard InChI is InChI=1S/C16H25N3O3.HI/c1-21-12-6-7-15(22-2)13(8-12)14(20)10-19-16(17)18-9-11-4-3-5-11;/h6-8,11,14,20H,3-5,9-10H2,1-2H3,(H3,17,18,19);1H. The minimum Gasteiger partial charge on any atom is -0.497 e. The summed E-state index contributed by atoms with van der Waals surface area (Å²) in [5.74, 6) is 2.34. The summed E-state index contributed by atoms with van der Waals surface area (Å²) in [5, 5.41) is 13.4. The van der Waals surface area contributed by atoms with Crippen molar-refractivity contribution in [1.82, 2.24) is 5.32 Å². The highest BCUT2D eigenvalue weighted by Crippen LogP contribution is 2.29. The van der Waals surface area contributed by atoms with Crippen LogP contribution in [0.4, 0.5) is 0 Å². The lowest BCUT2D eigenvalue weighted by Crippen LogP contribution is -2.37. The van der Waals surface area contributed by atoms with Crippen LogP contribution in [0.1, 0.15) is 30.9 Å². The highest BCUT2D eigenvalue weighted by Gasteiger charge is 2.17. The van der Waals surface area contributed by atoms with Crippen LogP contribution in [0.2, 0.25) is 0 Å². The molecule has 1 aromatic rings. The van der Waals surface area contributed by atoms with Gasteiger partial charge in [0.05, 0.1) is 20.8 Å². The molecular weight excluding hydrogens is 409 g/mol. The molecule has 1 atom stereocenters. The number of halogens is 1. The molecule has 1 saturated carbocycles. The fourth-order valence-electron chi connectivity index (χ4n) is 2.38. The maximum absolute atomic E-state index is 10.3. The zero-order valence-electron chi connectivity index (χ0n) is 13.6. The van der Waals surface area contributed by atoms with E-state index in [1.54, 1.807) is 32.4 Å². The van der Waals surface area contributed by atoms with Gasteiger partial charge in [0.15, 0.2) is 5.96 Å². The second kappa shape index (κ2) is 9.82. The van der Waals surface area contributed by atoms with Crippen LogP contribution in [0, 0.1) is 5.92 Å². The topological polar surface area (TPSA) is 89.1 Å². The highest BCUT2D eigenvalue weighted by atomic mass is 127. The zero-order chi connectivity index (χ0) is 15.9. The van der Waals surface area contributed by atoms with Crippen molar-refractivity contribution >= 4 is 29.9 Å². The van der Waals surface area contributed by atoms with Crippen molar-refractivity contribution in [3.05, 3.63) is 23.8 Å². The van der Waals surface area contributed by atoms with E-state index in [9.17, 15) is 5.11 Å². The molecule has 130 valence electrons. The monoisotopic (exact) mass is 435 g/mol. The van der Waals surface area contributed by atoms with Crippen LogP contribution in [-0.4, -0.2) is 38.4 Å².